The van der Waals surface area contributed by atoms with Crippen LogP contribution in [0.1, 0.15) is 24.5 Å². The van der Waals surface area contributed by atoms with Gasteiger partial charge in [0.05, 0.1) is 10.7 Å². The monoisotopic (exact) mass is 433 g/mol. The number of thioether (sulfide) groups is 1. The number of hydrogen-bond donors (Lipinski definition) is 0. The van der Waals surface area contributed by atoms with Gasteiger partial charge in [-0.25, -0.2) is 4.98 Å². The van der Waals surface area contributed by atoms with E-state index in [1.165, 1.54) is 0 Å². The molecule has 28 heavy (non-hydrogen) atoms. The smallest absolute Gasteiger partial charge is 0.191 e. The highest BCUT2D eigenvalue weighted by atomic mass is 35.5. The first kappa shape index (κ1) is 19.1. The summed E-state index contributed by atoms with van der Waals surface area (Å²) < 4.78 is 9.87. The summed E-state index contributed by atoms with van der Waals surface area (Å²) in [7, 11) is 1.92. The predicted octanol–water partition coefficient (Wildman–Crippen LogP) is 5.20. The van der Waals surface area contributed by atoms with Crippen molar-refractivity contribution < 1.29 is 4.74 Å². The second kappa shape index (κ2) is 8.03. The molecule has 4 aromatic rings. The Balaban J connectivity index is 1.46. The van der Waals surface area contributed by atoms with E-state index in [0.29, 0.717) is 27.4 Å². The summed E-state index contributed by atoms with van der Waals surface area (Å²) in [4.78, 5) is 4.61. The van der Waals surface area contributed by atoms with Crippen LogP contribution in [0.25, 0.3) is 5.65 Å². The number of pyridine rings is 1. The molecule has 1 atom stereocenters. The SMILES string of the molecule is CC(Oc1cc(Cl)ccc1Cl)c1nnc(SCc2cn3ccccc3n2)n1C. The average Bonchev–Trinajstić information content (AvgIpc) is 3.26. The van der Waals surface area contributed by atoms with Crippen LogP contribution in [0.3, 0.4) is 0 Å². The molecule has 0 amide bonds. The number of rotatable bonds is 6. The van der Waals surface area contributed by atoms with E-state index in [1.54, 1.807) is 30.0 Å². The third-order valence-electron chi connectivity index (χ3n) is 4.19. The van der Waals surface area contributed by atoms with Crippen molar-refractivity contribution in [3.8, 4) is 5.75 Å². The van der Waals surface area contributed by atoms with Gasteiger partial charge in [0.1, 0.15) is 11.4 Å². The Bertz CT molecular complexity index is 1090. The standard InChI is InChI=1S/C19H17Cl2N5OS/c1-12(27-16-9-13(20)6-7-15(16)21)18-23-24-19(25(18)2)28-11-14-10-26-8-4-3-5-17(26)22-14/h3-10,12H,11H2,1-2H3. The Morgan fingerprint density at radius 1 is 1.18 bits per heavy atom. The zero-order valence-electron chi connectivity index (χ0n) is 15.2. The molecule has 1 aromatic carbocycles. The Kier molecular flexibility index (Phi) is 5.48. The van der Waals surface area contributed by atoms with Gasteiger partial charge in [-0.1, -0.05) is 41.0 Å². The summed E-state index contributed by atoms with van der Waals surface area (Å²) in [5.74, 6) is 1.92. The van der Waals surface area contributed by atoms with Gasteiger partial charge in [0, 0.05) is 36.3 Å². The minimum atomic E-state index is -0.335. The first-order chi connectivity index (χ1) is 13.5. The Labute approximate surface area is 176 Å². The number of ether oxygens (including phenoxy) is 1. The lowest BCUT2D eigenvalue weighted by Crippen LogP contribution is -2.10. The molecule has 0 spiro atoms. The lowest BCUT2D eigenvalue weighted by atomic mass is 10.3. The van der Waals surface area contributed by atoms with E-state index in [2.05, 4.69) is 15.2 Å². The van der Waals surface area contributed by atoms with Crippen LogP contribution in [0.15, 0.2) is 53.9 Å². The van der Waals surface area contributed by atoms with Crippen LogP contribution in [-0.2, 0) is 12.8 Å². The molecule has 0 radical (unpaired) electrons. The van der Waals surface area contributed by atoms with E-state index in [0.717, 1.165) is 16.5 Å². The molecule has 6 nitrogen and oxygen atoms in total. The maximum atomic E-state index is 6.18. The van der Waals surface area contributed by atoms with E-state index < -0.39 is 0 Å². The molecule has 3 heterocycles. The van der Waals surface area contributed by atoms with Gasteiger partial charge in [-0.05, 0) is 31.2 Å². The fraction of sp³-hybridized carbons (Fsp3) is 0.211. The molecule has 0 aliphatic carbocycles. The third-order valence-corrected chi connectivity index (χ3v) is 5.79. The number of nitrogens with zero attached hydrogens (tertiary/aromatic N) is 5. The van der Waals surface area contributed by atoms with Crippen LogP contribution < -0.4 is 4.74 Å². The van der Waals surface area contributed by atoms with Crippen molar-refractivity contribution in [3.63, 3.8) is 0 Å². The number of benzene rings is 1. The van der Waals surface area contributed by atoms with E-state index in [9.17, 15) is 0 Å². The molecule has 0 saturated carbocycles. The van der Waals surface area contributed by atoms with Gasteiger partial charge in [0.25, 0.3) is 0 Å². The van der Waals surface area contributed by atoms with Crippen LogP contribution >= 0.6 is 35.0 Å². The quantitative estimate of drug-likeness (QED) is 0.391. The van der Waals surface area contributed by atoms with Gasteiger partial charge < -0.3 is 13.7 Å². The first-order valence-electron chi connectivity index (χ1n) is 8.57. The molecular formula is C19H17Cl2N5OS. The fourth-order valence-corrected chi connectivity index (χ4v) is 3.94. The molecule has 3 aromatic heterocycles. The number of fused-ring (bicyclic) bond motifs is 1. The highest BCUT2D eigenvalue weighted by molar-refractivity contribution is 7.98. The predicted molar refractivity (Wildman–Crippen MR) is 111 cm³/mol. The van der Waals surface area contributed by atoms with Crippen molar-refractivity contribution in [3.05, 3.63) is 70.4 Å². The molecule has 1 unspecified atom stereocenters. The van der Waals surface area contributed by atoms with Crippen molar-refractivity contribution in [2.45, 2.75) is 23.9 Å². The van der Waals surface area contributed by atoms with Gasteiger partial charge in [0.2, 0.25) is 0 Å². The molecule has 0 aliphatic heterocycles. The topological polar surface area (TPSA) is 57.2 Å². The third kappa shape index (κ3) is 3.97. The maximum absolute atomic E-state index is 6.18. The minimum Gasteiger partial charge on any atom is -0.481 e. The fourth-order valence-electron chi connectivity index (χ4n) is 2.81. The molecule has 4 rings (SSSR count). The Morgan fingerprint density at radius 3 is 2.86 bits per heavy atom. The number of hydrogen-bond acceptors (Lipinski definition) is 5. The lowest BCUT2D eigenvalue weighted by Gasteiger charge is -2.15. The molecule has 9 heteroatoms. The molecule has 0 bridgehead atoms. The Hall–Kier alpha value is -2.22. The molecule has 0 saturated heterocycles. The molecule has 0 N–H and O–H groups in total. The maximum Gasteiger partial charge on any atom is 0.191 e. The summed E-state index contributed by atoms with van der Waals surface area (Å²) in [6.45, 7) is 1.90. The largest absolute Gasteiger partial charge is 0.481 e. The van der Waals surface area contributed by atoms with Crippen LogP contribution in [-0.4, -0.2) is 24.1 Å². The summed E-state index contributed by atoms with van der Waals surface area (Å²) >= 11 is 13.8. The zero-order chi connectivity index (χ0) is 19.7. The Morgan fingerprint density at radius 2 is 2.04 bits per heavy atom. The summed E-state index contributed by atoms with van der Waals surface area (Å²) in [5.41, 5.74) is 1.91. The van der Waals surface area contributed by atoms with Crippen LogP contribution in [0.4, 0.5) is 0 Å². The van der Waals surface area contributed by atoms with E-state index in [4.69, 9.17) is 27.9 Å². The van der Waals surface area contributed by atoms with Gasteiger partial charge in [0.15, 0.2) is 17.1 Å². The highest BCUT2D eigenvalue weighted by Gasteiger charge is 2.19. The number of halogens is 2. The number of aromatic nitrogens is 5. The van der Waals surface area contributed by atoms with Crippen LogP contribution in [0, 0.1) is 0 Å². The first-order valence-corrected chi connectivity index (χ1v) is 10.3. The van der Waals surface area contributed by atoms with Crippen LogP contribution in [0.5, 0.6) is 5.75 Å². The van der Waals surface area contributed by atoms with Crippen molar-refractivity contribution >= 4 is 40.6 Å². The molecule has 0 aliphatic rings. The van der Waals surface area contributed by atoms with E-state index in [1.807, 2.05) is 53.5 Å². The second-order valence-corrected chi connectivity index (χ2v) is 8.01. The summed E-state index contributed by atoms with van der Waals surface area (Å²) in [6.07, 6.45) is 3.67. The zero-order valence-corrected chi connectivity index (χ0v) is 17.5. The van der Waals surface area contributed by atoms with Gasteiger partial charge in [-0.15, -0.1) is 10.2 Å². The van der Waals surface area contributed by atoms with Crippen LogP contribution in [0.2, 0.25) is 10.0 Å². The van der Waals surface area contributed by atoms with Gasteiger partial charge in [-0.3, -0.25) is 0 Å². The normalized spacial score (nSPS) is 12.4. The number of imidazole rings is 1. The van der Waals surface area contributed by atoms with Gasteiger partial charge in [-0.2, -0.15) is 0 Å². The van der Waals surface area contributed by atoms with Crippen molar-refractivity contribution in [1.29, 1.82) is 0 Å². The molecule has 0 fully saturated rings. The summed E-state index contributed by atoms with van der Waals surface area (Å²) in [6, 6.07) is 11.1. The second-order valence-electron chi connectivity index (χ2n) is 6.22. The van der Waals surface area contributed by atoms with E-state index in [-0.39, 0.29) is 6.10 Å². The molecular weight excluding hydrogens is 417 g/mol. The average molecular weight is 434 g/mol. The van der Waals surface area contributed by atoms with Crippen molar-refractivity contribution in [2.75, 3.05) is 0 Å². The van der Waals surface area contributed by atoms with Gasteiger partial charge >= 0.3 is 0 Å². The minimum absolute atomic E-state index is 0.335. The van der Waals surface area contributed by atoms with E-state index >= 15 is 0 Å². The highest BCUT2D eigenvalue weighted by Crippen LogP contribution is 2.32. The summed E-state index contributed by atoms with van der Waals surface area (Å²) in [5, 5.41) is 10.4. The van der Waals surface area contributed by atoms with Crippen molar-refractivity contribution in [1.82, 2.24) is 24.1 Å². The lowest BCUT2D eigenvalue weighted by molar-refractivity contribution is 0.211. The molecule has 144 valence electrons. The van der Waals surface area contributed by atoms with Crippen molar-refractivity contribution in [2.24, 2.45) is 7.05 Å².